The summed E-state index contributed by atoms with van der Waals surface area (Å²) in [6, 6.07) is 0.832. The van der Waals surface area contributed by atoms with Crippen molar-refractivity contribution in [2.45, 2.75) is 57.0 Å². The van der Waals surface area contributed by atoms with Crippen molar-refractivity contribution in [2.24, 2.45) is 0 Å². The van der Waals surface area contributed by atoms with Gasteiger partial charge in [-0.3, -0.25) is 4.90 Å². The molecule has 0 aromatic heterocycles. The monoisotopic (exact) mass is 251 g/mol. The molecule has 3 nitrogen and oxygen atoms in total. The lowest BCUT2D eigenvalue weighted by molar-refractivity contribution is 0.0500. The molecule has 3 fully saturated rings. The lowest BCUT2D eigenvalue weighted by atomic mass is 9.92. The fourth-order valence-corrected chi connectivity index (χ4v) is 4.30. The van der Waals surface area contributed by atoms with Crippen LogP contribution in [0.25, 0.3) is 0 Å². The molecule has 2 aliphatic heterocycles. The fourth-order valence-electron chi connectivity index (χ4n) is 4.30. The van der Waals surface area contributed by atoms with Crippen LogP contribution in [0, 0.1) is 0 Å². The Morgan fingerprint density at radius 1 is 1.17 bits per heavy atom. The Bertz CT molecular complexity index is 273. The highest BCUT2D eigenvalue weighted by atomic mass is 15.3. The number of nitrogens with one attached hydrogen (secondary N) is 1. The van der Waals surface area contributed by atoms with Crippen LogP contribution in [0.4, 0.5) is 0 Å². The minimum absolute atomic E-state index is 0.493. The van der Waals surface area contributed by atoms with Crippen LogP contribution in [-0.2, 0) is 0 Å². The quantitative estimate of drug-likeness (QED) is 0.806. The number of rotatable bonds is 2. The van der Waals surface area contributed by atoms with Gasteiger partial charge in [-0.15, -0.1) is 0 Å². The molecule has 1 atom stereocenters. The van der Waals surface area contributed by atoms with Gasteiger partial charge in [0.2, 0.25) is 0 Å². The molecule has 0 radical (unpaired) electrons. The van der Waals surface area contributed by atoms with Crippen molar-refractivity contribution in [3.63, 3.8) is 0 Å². The second-order valence-corrected chi connectivity index (χ2v) is 6.57. The third kappa shape index (κ3) is 2.59. The van der Waals surface area contributed by atoms with E-state index in [1.165, 1.54) is 77.8 Å². The summed E-state index contributed by atoms with van der Waals surface area (Å²) in [5, 5.41) is 3.83. The molecule has 3 rings (SSSR count). The van der Waals surface area contributed by atoms with Gasteiger partial charge in [-0.1, -0.05) is 19.8 Å². The summed E-state index contributed by atoms with van der Waals surface area (Å²) in [5.74, 6) is 0. The third-order valence-electron chi connectivity index (χ3n) is 5.41. The van der Waals surface area contributed by atoms with Crippen LogP contribution in [0.1, 0.15) is 45.4 Å². The van der Waals surface area contributed by atoms with Crippen LogP contribution in [0.5, 0.6) is 0 Å². The normalized spacial score (nSPS) is 34.2. The molecular formula is C15H29N3. The van der Waals surface area contributed by atoms with E-state index in [0.29, 0.717) is 5.54 Å². The maximum atomic E-state index is 3.83. The molecule has 1 spiro atoms. The summed E-state index contributed by atoms with van der Waals surface area (Å²) in [5.41, 5.74) is 0.493. The summed E-state index contributed by atoms with van der Waals surface area (Å²) in [4.78, 5) is 5.45. The SMILES string of the molecule is CCN1CCCC(N2CCNC3(CCCC3)C2)C1. The van der Waals surface area contributed by atoms with Gasteiger partial charge in [-0.2, -0.15) is 0 Å². The molecule has 1 aliphatic carbocycles. The topological polar surface area (TPSA) is 18.5 Å². The molecule has 0 amide bonds. The lowest BCUT2D eigenvalue weighted by Gasteiger charge is -2.47. The number of piperidine rings is 1. The molecule has 1 unspecified atom stereocenters. The minimum Gasteiger partial charge on any atom is -0.309 e. The van der Waals surface area contributed by atoms with E-state index in [1.807, 2.05) is 0 Å². The predicted molar refractivity (Wildman–Crippen MR) is 75.9 cm³/mol. The van der Waals surface area contributed by atoms with Crippen molar-refractivity contribution in [3.05, 3.63) is 0 Å². The first-order chi connectivity index (χ1) is 8.81. The number of piperazine rings is 1. The molecule has 2 saturated heterocycles. The molecule has 104 valence electrons. The van der Waals surface area contributed by atoms with E-state index >= 15 is 0 Å². The Hall–Kier alpha value is -0.120. The molecule has 1 saturated carbocycles. The van der Waals surface area contributed by atoms with Crippen LogP contribution in [0.3, 0.4) is 0 Å². The summed E-state index contributed by atoms with van der Waals surface area (Å²) in [6.45, 7) is 9.96. The molecule has 0 bridgehead atoms. The van der Waals surface area contributed by atoms with Crippen LogP contribution < -0.4 is 5.32 Å². The maximum Gasteiger partial charge on any atom is 0.0309 e. The Balaban J connectivity index is 1.61. The Labute approximate surface area is 112 Å². The zero-order chi connectivity index (χ0) is 12.4. The summed E-state index contributed by atoms with van der Waals surface area (Å²) >= 11 is 0. The number of hydrogen-bond donors (Lipinski definition) is 1. The average molecular weight is 251 g/mol. The fraction of sp³-hybridized carbons (Fsp3) is 1.00. The van der Waals surface area contributed by atoms with Crippen molar-refractivity contribution in [1.29, 1.82) is 0 Å². The van der Waals surface area contributed by atoms with Gasteiger partial charge < -0.3 is 10.2 Å². The van der Waals surface area contributed by atoms with E-state index in [-0.39, 0.29) is 0 Å². The van der Waals surface area contributed by atoms with E-state index in [4.69, 9.17) is 0 Å². The second kappa shape index (κ2) is 5.48. The van der Waals surface area contributed by atoms with E-state index < -0.39 is 0 Å². The first-order valence-corrected chi connectivity index (χ1v) is 8.03. The molecule has 18 heavy (non-hydrogen) atoms. The first-order valence-electron chi connectivity index (χ1n) is 8.03. The van der Waals surface area contributed by atoms with Gasteiger partial charge in [0.25, 0.3) is 0 Å². The zero-order valence-corrected chi connectivity index (χ0v) is 12.0. The van der Waals surface area contributed by atoms with Crippen molar-refractivity contribution >= 4 is 0 Å². The summed E-state index contributed by atoms with van der Waals surface area (Å²) in [7, 11) is 0. The van der Waals surface area contributed by atoms with Crippen LogP contribution in [-0.4, -0.2) is 60.6 Å². The van der Waals surface area contributed by atoms with Crippen molar-refractivity contribution in [1.82, 2.24) is 15.1 Å². The van der Waals surface area contributed by atoms with Crippen LogP contribution in [0.15, 0.2) is 0 Å². The van der Waals surface area contributed by atoms with E-state index in [0.717, 1.165) is 6.04 Å². The average Bonchev–Trinajstić information content (AvgIpc) is 2.87. The van der Waals surface area contributed by atoms with Gasteiger partial charge in [0, 0.05) is 37.8 Å². The van der Waals surface area contributed by atoms with E-state index in [1.54, 1.807) is 0 Å². The van der Waals surface area contributed by atoms with Crippen molar-refractivity contribution in [3.8, 4) is 0 Å². The van der Waals surface area contributed by atoms with Gasteiger partial charge in [-0.05, 0) is 38.8 Å². The van der Waals surface area contributed by atoms with Crippen molar-refractivity contribution < 1.29 is 0 Å². The lowest BCUT2D eigenvalue weighted by Crippen LogP contribution is -2.63. The van der Waals surface area contributed by atoms with Crippen LogP contribution in [0.2, 0.25) is 0 Å². The van der Waals surface area contributed by atoms with E-state index in [2.05, 4.69) is 22.0 Å². The first kappa shape index (κ1) is 12.9. The summed E-state index contributed by atoms with van der Waals surface area (Å²) in [6.07, 6.45) is 8.52. The number of likely N-dealkylation sites (N-methyl/N-ethyl adjacent to an activating group) is 1. The molecule has 3 aliphatic rings. The predicted octanol–water partition coefficient (Wildman–Crippen LogP) is 1.69. The number of hydrogen-bond acceptors (Lipinski definition) is 3. The maximum absolute atomic E-state index is 3.83. The largest absolute Gasteiger partial charge is 0.309 e. The summed E-state index contributed by atoms with van der Waals surface area (Å²) < 4.78 is 0. The zero-order valence-electron chi connectivity index (χ0n) is 12.0. The van der Waals surface area contributed by atoms with Gasteiger partial charge in [0.05, 0.1) is 0 Å². The molecule has 2 heterocycles. The highest BCUT2D eigenvalue weighted by Gasteiger charge is 2.39. The highest BCUT2D eigenvalue weighted by molar-refractivity contribution is 5.00. The third-order valence-corrected chi connectivity index (χ3v) is 5.41. The Morgan fingerprint density at radius 3 is 2.78 bits per heavy atom. The standard InChI is InChI=1S/C15H29N3/c1-2-17-10-5-6-14(12-17)18-11-9-16-15(13-18)7-3-4-8-15/h14,16H,2-13H2,1H3. The minimum atomic E-state index is 0.493. The molecule has 0 aromatic carbocycles. The highest BCUT2D eigenvalue weighted by Crippen LogP contribution is 2.33. The smallest absolute Gasteiger partial charge is 0.0309 e. The van der Waals surface area contributed by atoms with Crippen molar-refractivity contribution in [2.75, 3.05) is 39.3 Å². The molecule has 0 aromatic rings. The Morgan fingerprint density at radius 2 is 2.00 bits per heavy atom. The molecule has 1 N–H and O–H groups in total. The van der Waals surface area contributed by atoms with Gasteiger partial charge in [0.1, 0.15) is 0 Å². The second-order valence-electron chi connectivity index (χ2n) is 6.57. The van der Waals surface area contributed by atoms with Gasteiger partial charge >= 0.3 is 0 Å². The number of likely N-dealkylation sites (tertiary alicyclic amines) is 1. The molecular weight excluding hydrogens is 222 g/mol. The van der Waals surface area contributed by atoms with Gasteiger partial charge in [0.15, 0.2) is 0 Å². The Kier molecular flexibility index (Phi) is 3.92. The van der Waals surface area contributed by atoms with Gasteiger partial charge in [-0.25, -0.2) is 0 Å². The van der Waals surface area contributed by atoms with Crippen LogP contribution >= 0.6 is 0 Å². The molecule has 3 heteroatoms. The number of nitrogens with zero attached hydrogens (tertiary/aromatic N) is 2. The van der Waals surface area contributed by atoms with E-state index in [9.17, 15) is 0 Å².